The molecule has 1 heterocycles. The second-order valence-electron chi connectivity index (χ2n) is 5.73. The summed E-state index contributed by atoms with van der Waals surface area (Å²) >= 11 is 6.21. The number of amides is 1. The number of halogens is 1. The standard InChI is InChI=1S/C18H19ClN2O3/c1-11-7-12(2)18(14(19)8-11)21-17(22)5-6-20-13-3-4-15-16(9-13)24-10-23-15/h3-4,7-9,20H,5-6,10H2,1-2H3,(H,21,22). The number of fused-ring (bicyclic) bond motifs is 1. The maximum Gasteiger partial charge on any atom is 0.231 e. The van der Waals surface area contributed by atoms with Crippen LogP contribution in [-0.2, 0) is 4.79 Å². The lowest BCUT2D eigenvalue weighted by Gasteiger charge is -2.12. The summed E-state index contributed by atoms with van der Waals surface area (Å²) < 4.78 is 10.6. The van der Waals surface area contributed by atoms with Crippen molar-refractivity contribution in [1.29, 1.82) is 0 Å². The van der Waals surface area contributed by atoms with Gasteiger partial charge in [0.1, 0.15) is 0 Å². The van der Waals surface area contributed by atoms with Gasteiger partial charge in [0, 0.05) is 24.7 Å². The molecular formula is C18H19ClN2O3. The van der Waals surface area contributed by atoms with Crippen LogP contribution in [0.5, 0.6) is 11.5 Å². The number of carbonyl (C=O) groups is 1. The maximum absolute atomic E-state index is 12.1. The molecule has 1 aliphatic heterocycles. The van der Waals surface area contributed by atoms with Crippen molar-refractivity contribution in [3.8, 4) is 11.5 Å². The number of benzene rings is 2. The fourth-order valence-corrected chi connectivity index (χ4v) is 2.97. The molecule has 2 N–H and O–H groups in total. The van der Waals surface area contributed by atoms with Crippen LogP contribution in [0.1, 0.15) is 17.5 Å². The Kier molecular flexibility index (Phi) is 4.81. The van der Waals surface area contributed by atoms with Gasteiger partial charge in [-0.2, -0.15) is 0 Å². The van der Waals surface area contributed by atoms with Crippen LogP contribution in [0.4, 0.5) is 11.4 Å². The predicted molar refractivity (Wildman–Crippen MR) is 95.2 cm³/mol. The van der Waals surface area contributed by atoms with E-state index in [1.807, 2.05) is 44.2 Å². The van der Waals surface area contributed by atoms with Crippen molar-refractivity contribution >= 4 is 28.9 Å². The van der Waals surface area contributed by atoms with Crippen LogP contribution in [0.15, 0.2) is 30.3 Å². The van der Waals surface area contributed by atoms with Crippen LogP contribution in [-0.4, -0.2) is 19.2 Å². The monoisotopic (exact) mass is 346 g/mol. The van der Waals surface area contributed by atoms with Gasteiger partial charge in [-0.05, 0) is 43.2 Å². The van der Waals surface area contributed by atoms with Gasteiger partial charge in [-0.3, -0.25) is 4.79 Å². The zero-order chi connectivity index (χ0) is 17.1. The highest BCUT2D eigenvalue weighted by molar-refractivity contribution is 6.34. The van der Waals surface area contributed by atoms with Gasteiger partial charge in [-0.15, -0.1) is 0 Å². The first-order chi connectivity index (χ1) is 11.5. The van der Waals surface area contributed by atoms with Gasteiger partial charge in [-0.1, -0.05) is 17.7 Å². The molecule has 1 amide bonds. The molecule has 0 fully saturated rings. The van der Waals surface area contributed by atoms with Crippen molar-refractivity contribution in [2.24, 2.45) is 0 Å². The van der Waals surface area contributed by atoms with Crippen molar-refractivity contribution in [3.63, 3.8) is 0 Å². The highest BCUT2D eigenvalue weighted by Crippen LogP contribution is 2.34. The summed E-state index contributed by atoms with van der Waals surface area (Å²) in [5, 5.41) is 6.64. The van der Waals surface area contributed by atoms with Crippen molar-refractivity contribution in [1.82, 2.24) is 0 Å². The van der Waals surface area contributed by atoms with E-state index < -0.39 is 0 Å². The minimum Gasteiger partial charge on any atom is -0.454 e. The molecule has 0 saturated heterocycles. The quantitative estimate of drug-likeness (QED) is 0.854. The smallest absolute Gasteiger partial charge is 0.231 e. The van der Waals surface area contributed by atoms with Crippen molar-refractivity contribution in [2.75, 3.05) is 24.0 Å². The van der Waals surface area contributed by atoms with E-state index in [1.54, 1.807) is 0 Å². The van der Waals surface area contributed by atoms with Crippen LogP contribution in [0.3, 0.4) is 0 Å². The third-order valence-corrected chi connectivity index (χ3v) is 4.05. The van der Waals surface area contributed by atoms with Crippen LogP contribution in [0, 0.1) is 13.8 Å². The van der Waals surface area contributed by atoms with Crippen LogP contribution >= 0.6 is 11.6 Å². The molecule has 2 aromatic rings. The topological polar surface area (TPSA) is 59.6 Å². The van der Waals surface area contributed by atoms with Gasteiger partial charge in [0.05, 0.1) is 10.7 Å². The molecule has 126 valence electrons. The first-order valence-corrected chi connectivity index (χ1v) is 8.11. The highest BCUT2D eigenvalue weighted by atomic mass is 35.5. The molecule has 0 radical (unpaired) electrons. The summed E-state index contributed by atoms with van der Waals surface area (Å²) in [6.07, 6.45) is 0.331. The molecule has 2 aromatic carbocycles. The fraction of sp³-hybridized carbons (Fsp3) is 0.278. The Morgan fingerprint density at radius 2 is 1.96 bits per heavy atom. The van der Waals surface area contributed by atoms with E-state index >= 15 is 0 Å². The summed E-state index contributed by atoms with van der Waals surface area (Å²) in [6, 6.07) is 9.44. The Labute approximate surface area is 145 Å². The van der Waals surface area contributed by atoms with E-state index in [1.165, 1.54) is 0 Å². The molecule has 6 heteroatoms. The van der Waals surface area contributed by atoms with Crippen LogP contribution < -0.4 is 20.1 Å². The van der Waals surface area contributed by atoms with Gasteiger partial charge < -0.3 is 20.1 Å². The molecule has 1 aliphatic rings. The maximum atomic E-state index is 12.1. The van der Waals surface area contributed by atoms with Crippen molar-refractivity contribution < 1.29 is 14.3 Å². The minimum atomic E-state index is -0.0860. The number of rotatable bonds is 5. The Morgan fingerprint density at radius 3 is 2.75 bits per heavy atom. The number of aryl methyl sites for hydroxylation is 2. The SMILES string of the molecule is Cc1cc(C)c(NC(=O)CCNc2ccc3c(c2)OCO3)c(Cl)c1. The summed E-state index contributed by atoms with van der Waals surface area (Å²) in [6.45, 7) is 4.66. The summed E-state index contributed by atoms with van der Waals surface area (Å²) in [4.78, 5) is 12.1. The average molecular weight is 347 g/mol. The first-order valence-electron chi connectivity index (χ1n) is 7.73. The molecule has 0 aromatic heterocycles. The Morgan fingerprint density at radius 1 is 1.17 bits per heavy atom. The van der Waals surface area contributed by atoms with Gasteiger partial charge in [-0.25, -0.2) is 0 Å². The average Bonchev–Trinajstić information content (AvgIpc) is 2.98. The fourth-order valence-electron chi connectivity index (χ4n) is 2.60. The van der Waals surface area contributed by atoms with Gasteiger partial charge >= 0.3 is 0 Å². The third kappa shape index (κ3) is 3.74. The molecule has 3 rings (SSSR count). The largest absolute Gasteiger partial charge is 0.454 e. The van der Waals surface area contributed by atoms with Crippen LogP contribution in [0.25, 0.3) is 0 Å². The normalized spacial score (nSPS) is 12.1. The Bertz CT molecular complexity index is 754. The second-order valence-corrected chi connectivity index (χ2v) is 6.14. The molecule has 0 atom stereocenters. The van der Waals surface area contributed by atoms with Crippen molar-refractivity contribution in [3.05, 3.63) is 46.5 Å². The zero-order valence-corrected chi connectivity index (χ0v) is 14.4. The molecule has 0 bridgehead atoms. The number of carbonyl (C=O) groups excluding carboxylic acids is 1. The Hall–Kier alpha value is -2.40. The van der Waals surface area contributed by atoms with E-state index in [-0.39, 0.29) is 12.7 Å². The number of hydrogen-bond donors (Lipinski definition) is 2. The molecule has 0 spiro atoms. The van der Waals surface area contributed by atoms with E-state index in [9.17, 15) is 4.79 Å². The molecule has 0 saturated carbocycles. The number of hydrogen-bond acceptors (Lipinski definition) is 4. The predicted octanol–water partition coefficient (Wildman–Crippen LogP) is 4.13. The number of ether oxygens (including phenoxy) is 2. The van der Waals surface area contributed by atoms with E-state index in [4.69, 9.17) is 21.1 Å². The molecular weight excluding hydrogens is 328 g/mol. The number of anilines is 2. The molecule has 0 unspecified atom stereocenters. The minimum absolute atomic E-state index is 0.0860. The van der Waals surface area contributed by atoms with E-state index in [0.717, 1.165) is 22.6 Å². The summed E-state index contributed by atoms with van der Waals surface area (Å²) in [5.41, 5.74) is 3.59. The summed E-state index contributed by atoms with van der Waals surface area (Å²) in [5.74, 6) is 1.37. The second kappa shape index (κ2) is 7.01. The molecule has 5 nitrogen and oxygen atoms in total. The van der Waals surface area contributed by atoms with Crippen LogP contribution in [0.2, 0.25) is 5.02 Å². The summed E-state index contributed by atoms with van der Waals surface area (Å²) in [7, 11) is 0. The number of nitrogens with one attached hydrogen (secondary N) is 2. The van der Waals surface area contributed by atoms with Gasteiger partial charge in [0.2, 0.25) is 12.7 Å². The Balaban J connectivity index is 1.53. The van der Waals surface area contributed by atoms with E-state index in [2.05, 4.69) is 10.6 Å². The lowest BCUT2D eigenvalue weighted by atomic mass is 10.1. The van der Waals surface area contributed by atoms with E-state index in [0.29, 0.717) is 29.4 Å². The third-order valence-electron chi connectivity index (χ3n) is 3.75. The first kappa shape index (κ1) is 16.5. The van der Waals surface area contributed by atoms with Gasteiger partial charge in [0.25, 0.3) is 0 Å². The van der Waals surface area contributed by atoms with Gasteiger partial charge in [0.15, 0.2) is 11.5 Å². The van der Waals surface area contributed by atoms with Crippen molar-refractivity contribution in [2.45, 2.75) is 20.3 Å². The highest BCUT2D eigenvalue weighted by Gasteiger charge is 2.13. The zero-order valence-electron chi connectivity index (χ0n) is 13.6. The molecule has 24 heavy (non-hydrogen) atoms. The molecule has 0 aliphatic carbocycles. The lowest BCUT2D eigenvalue weighted by Crippen LogP contribution is -2.17. The lowest BCUT2D eigenvalue weighted by molar-refractivity contribution is -0.115.